The Hall–Kier alpha value is -2.30. The number of para-hydroxylation sites is 2. The first kappa shape index (κ1) is 14.1. The lowest BCUT2D eigenvalue weighted by Crippen LogP contribution is -2.02. The summed E-state index contributed by atoms with van der Waals surface area (Å²) in [6.45, 7) is 2.09. The molecule has 0 saturated carbocycles. The number of aromatic nitrogens is 2. The van der Waals surface area contributed by atoms with E-state index in [1.54, 1.807) is 13.2 Å². The van der Waals surface area contributed by atoms with Gasteiger partial charge in [0.15, 0.2) is 11.5 Å². The molecule has 1 aromatic heterocycles. The highest BCUT2D eigenvalue weighted by Crippen LogP contribution is 2.30. The number of benzene rings is 1. The number of aryl methyl sites for hydroxylation is 1. The van der Waals surface area contributed by atoms with Gasteiger partial charge in [-0.15, -0.1) is 0 Å². The Morgan fingerprint density at radius 2 is 1.90 bits per heavy atom. The van der Waals surface area contributed by atoms with Crippen LogP contribution in [0, 0.1) is 0 Å². The van der Waals surface area contributed by atoms with Gasteiger partial charge in [-0.1, -0.05) is 19.1 Å². The van der Waals surface area contributed by atoms with Crippen molar-refractivity contribution in [3.63, 3.8) is 0 Å². The van der Waals surface area contributed by atoms with Gasteiger partial charge in [0.25, 0.3) is 0 Å². The largest absolute Gasteiger partial charge is 0.493 e. The van der Waals surface area contributed by atoms with Crippen molar-refractivity contribution in [1.29, 1.82) is 0 Å². The summed E-state index contributed by atoms with van der Waals surface area (Å²) >= 11 is 0. The van der Waals surface area contributed by atoms with Crippen LogP contribution in [0.2, 0.25) is 0 Å². The molecule has 106 valence electrons. The summed E-state index contributed by atoms with van der Waals surface area (Å²) < 4.78 is 11.1. The molecule has 0 aliphatic heterocycles. The van der Waals surface area contributed by atoms with Crippen molar-refractivity contribution in [2.45, 2.75) is 19.8 Å². The number of ether oxygens (including phenoxy) is 2. The molecule has 1 aromatic carbocycles. The fraction of sp³-hybridized carbons (Fsp3) is 0.333. The summed E-state index contributed by atoms with van der Waals surface area (Å²) in [5.41, 5.74) is 0. The lowest BCUT2D eigenvalue weighted by atomic mass is 10.3. The number of hydrogen-bond donors (Lipinski definition) is 1. The summed E-state index contributed by atoms with van der Waals surface area (Å²) in [4.78, 5) is 8.81. The molecule has 1 heterocycles. The van der Waals surface area contributed by atoms with Gasteiger partial charge >= 0.3 is 0 Å². The van der Waals surface area contributed by atoms with Crippen LogP contribution >= 0.6 is 0 Å². The maximum atomic E-state index is 5.81. The minimum atomic E-state index is 0.511. The average molecular weight is 273 g/mol. The molecule has 0 radical (unpaired) electrons. The third-order valence-electron chi connectivity index (χ3n) is 2.76. The van der Waals surface area contributed by atoms with E-state index < -0.39 is 0 Å². The molecule has 5 heteroatoms. The molecule has 0 aliphatic carbocycles. The van der Waals surface area contributed by atoms with Crippen LogP contribution in [0.4, 0.5) is 5.82 Å². The molecule has 0 fully saturated rings. The lowest BCUT2D eigenvalue weighted by molar-refractivity contribution is 0.373. The Morgan fingerprint density at radius 3 is 2.55 bits per heavy atom. The van der Waals surface area contributed by atoms with E-state index >= 15 is 0 Å². The Bertz CT molecular complexity index is 573. The van der Waals surface area contributed by atoms with Crippen molar-refractivity contribution >= 4 is 5.82 Å². The number of nitrogens with one attached hydrogen (secondary N) is 1. The molecule has 0 unspecified atom stereocenters. The molecular weight excluding hydrogens is 254 g/mol. The van der Waals surface area contributed by atoms with Crippen LogP contribution in [0.3, 0.4) is 0 Å². The maximum absolute atomic E-state index is 5.81. The molecule has 0 aliphatic rings. The molecule has 5 nitrogen and oxygen atoms in total. The number of methoxy groups -OCH3 is 1. The van der Waals surface area contributed by atoms with E-state index in [4.69, 9.17) is 9.47 Å². The first-order chi connectivity index (χ1) is 9.76. The van der Waals surface area contributed by atoms with Gasteiger partial charge in [-0.05, 0) is 18.6 Å². The van der Waals surface area contributed by atoms with Gasteiger partial charge in [0.05, 0.1) is 7.11 Å². The van der Waals surface area contributed by atoms with Gasteiger partial charge in [-0.3, -0.25) is 0 Å². The predicted molar refractivity (Wildman–Crippen MR) is 78.6 cm³/mol. The van der Waals surface area contributed by atoms with Crippen LogP contribution in [-0.2, 0) is 6.42 Å². The van der Waals surface area contributed by atoms with E-state index in [0.29, 0.717) is 17.4 Å². The second-order valence-electron chi connectivity index (χ2n) is 4.26. The summed E-state index contributed by atoms with van der Waals surface area (Å²) in [5.74, 6) is 3.34. The van der Waals surface area contributed by atoms with Gasteiger partial charge in [0, 0.05) is 19.5 Å². The van der Waals surface area contributed by atoms with Crippen LogP contribution in [0.15, 0.2) is 30.3 Å². The van der Waals surface area contributed by atoms with Crippen molar-refractivity contribution in [1.82, 2.24) is 9.97 Å². The Morgan fingerprint density at radius 1 is 1.15 bits per heavy atom. The maximum Gasteiger partial charge on any atom is 0.224 e. The zero-order valence-corrected chi connectivity index (χ0v) is 12.0. The molecule has 2 aromatic rings. The van der Waals surface area contributed by atoms with Crippen LogP contribution in [0.1, 0.15) is 19.2 Å². The fourth-order valence-electron chi connectivity index (χ4n) is 1.80. The van der Waals surface area contributed by atoms with Gasteiger partial charge in [0.1, 0.15) is 11.6 Å². The Balaban J connectivity index is 2.30. The first-order valence-electron chi connectivity index (χ1n) is 6.63. The third kappa shape index (κ3) is 3.38. The van der Waals surface area contributed by atoms with Gasteiger partial charge in [-0.2, -0.15) is 4.98 Å². The topological polar surface area (TPSA) is 56.3 Å². The Labute approximate surface area is 119 Å². The molecule has 2 rings (SSSR count). The van der Waals surface area contributed by atoms with E-state index in [1.807, 2.05) is 31.3 Å². The summed E-state index contributed by atoms with van der Waals surface area (Å²) in [6.07, 6.45) is 1.80. The number of anilines is 1. The van der Waals surface area contributed by atoms with Crippen LogP contribution < -0.4 is 14.8 Å². The number of hydrogen-bond acceptors (Lipinski definition) is 5. The van der Waals surface area contributed by atoms with Crippen molar-refractivity contribution in [2.24, 2.45) is 0 Å². The molecule has 0 atom stereocenters. The second-order valence-corrected chi connectivity index (χ2v) is 4.26. The summed E-state index contributed by atoms with van der Waals surface area (Å²) in [6, 6.07) is 9.26. The van der Waals surface area contributed by atoms with E-state index in [-0.39, 0.29) is 0 Å². The van der Waals surface area contributed by atoms with Crippen molar-refractivity contribution in [3.05, 3.63) is 36.2 Å². The highest BCUT2D eigenvalue weighted by atomic mass is 16.5. The first-order valence-corrected chi connectivity index (χ1v) is 6.63. The normalized spacial score (nSPS) is 10.2. The zero-order chi connectivity index (χ0) is 14.4. The smallest absolute Gasteiger partial charge is 0.224 e. The molecule has 0 amide bonds. The fourth-order valence-corrected chi connectivity index (χ4v) is 1.80. The van der Waals surface area contributed by atoms with E-state index in [1.165, 1.54) is 0 Å². The molecule has 1 N–H and O–H groups in total. The summed E-state index contributed by atoms with van der Waals surface area (Å²) in [7, 11) is 3.44. The predicted octanol–water partition coefficient (Wildman–Crippen LogP) is 3.27. The van der Waals surface area contributed by atoms with Crippen LogP contribution in [0.5, 0.6) is 17.4 Å². The van der Waals surface area contributed by atoms with E-state index in [2.05, 4.69) is 22.2 Å². The molecular formula is C15H19N3O2. The molecule has 0 saturated heterocycles. The third-order valence-corrected chi connectivity index (χ3v) is 2.76. The van der Waals surface area contributed by atoms with Crippen molar-refractivity contribution < 1.29 is 9.47 Å². The van der Waals surface area contributed by atoms with Crippen LogP contribution in [-0.4, -0.2) is 24.1 Å². The highest BCUT2D eigenvalue weighted by Gasteiger charge is 2.08. The summed E-state index contributed by atoms with van der Waals surface area (Å²) in [5, 5.41) is 3.02. The lowest BCUT2D eigenvalue weighted by Gasteiger charge is -2.11. The monoisotopic (exact) mass is 273 g/mol. The standard InChI is InChI=1S/C15H19N3O2/c1-4-7-13-17-14(16-2)10-15(18-13)20-12-9-6-5-8-11(12)19-3/h5-6,8-10H,4,7H2,1-3H3,(H,16,17,18). The quantitative estimate of drug-likeness (QED) is 0.875. The average Bonchev–Trinajstić information content (AvgIpc) is 2.48. The van der Waals surface area contributed by atoms with Gasteiger partial charge < -0.3 is 14.8 Å². The minimum absolute atomic E-state index is 0.511. The minimum Gasteiger partial charge on any atom is -0.493 e. The van der Waals surface area contributed by atoms with E-state index in [0.717, 1.165) is 24.5 Å². The van der Waals surface area contributed by atoms with E-state index in [9.17, 15) is 0 Å². The highest BCUT2D eigenvalue weighted by molar-refractivity contribution is 5.44. The number of nitrogens with zero attached hydrogens (tertiary/aromatic N) is 2. The number of rotatable bonds is 6. The van der Waals surface area contributed by atoms with Crippen molar-refractivity contribution in [2.75, 3.05) is 19.5 Å². The second kappa shape index (κ2) is 6.75. The molecule has 0 bridgehead atoms. The molecule has 0 spiro atoms. The van der Waals surface area contributed by atoms with Crippen molar-refractivity contribution in [3.8, 4) is 17.4 Å². The Kier molecular flexibility index (Phi) is 4.76. The molecule has 20 heavy (non-hydrogen) atoms. The zero-order valence-electron chi connectivity index (χ0n) is 12.0. The SMILES string of the molecule is CCCc1nc(NC)cc(Oc2ccccc2OC)n1. The van der Waals surface area contributed by atoms with Crippen LogP contribution in [0.25, 0.3) is 0 Å². The van der Waals surface area contributed by atoms with Gasteiger partial charge in [-0.25, -0.2) is 4.98 Å². The van der Waals surface area contributed by atoms with Gasteiger partial charge in [0.2, 0.25) is 5.88 Å².